The highest BCUT2D eigenvalue weighted by molar-refractivity contribution is 7.11. The predicted molar refractivity (Wildman–Crippen MR) is 81.3 cm³/mol. The number of carboxylic acids is 1. The summed E-state index contributed by atoms with van der Waals surface area (Å²) in [5.41, 5.74) is 2.27. The number of aliphatic carboxylic acids is 1. The van der Waals surface area contributed by atoms with Crippen LogP contribution in [-0.2, 0) is 30.5 Å². The van der Waals surface area contributed by atoms with Crippen molar-refractivity contribution in [3.63, 3.8) is 0 Å². The van der Waals surface area contributed by atoms with Crippen LogP contribution in [0, 0.1) is 0 Å². The molecule has 0 aliphatic heterocycles. The minimum absolute atomic E-state index is 0.0956. The predicted octanol–water partition coefficient (Wildman–Crippen LogP) is 3.51. The third-order valence-electron chi connectivity index (χ3n) is 3.09. The van der Waals surface area contributed by atoms with E-state index in [4.69, 9.17) is 5.11 Å². The van der Waals surface area contributed by atoms with Gasteiger partial charge in [0.15, 0.2) is 0 Å². The van der Waals surface area contributed by atoms with E-state index in [-0.39, 0.29) is 6.42 Å². The van der Waals surface area contributed by atoms with Crippen LogP contribution in [0.15, 0.2) is 30.3 Å². The molecule has 3 nitrogen and oxygen atoms in total. The Morgan fingerprint density at radius 1 is 1.20 bits per heavy atom. The molecule has 2 rings (SSSR count). The zero-order valence-corrected chi connectivity index (χ0v) is 12.4. The Morgan fingerprint density at radius 3 is 2.60 bits per heavy atom. The lowest BCUT2D eigenvalue weighted by Crippen LogP contribution is -2.01. The van der Waals surface area contributed by atoms with Crippen molar-refractivity contribution in [3.8, 4) is 0 Å². The van der Waals surface area contributed by atoms with Gasteiger partial charge in [0.1, 0.15) is 0 Å². The van der Waals surface area contributed by atoms with E-state index in [1.165, 1.54) is 5.56 Å². The number of carboxylic acid groups (broad SMARTS) is 1. The molecule has 0 radical (unpaired) electrons. The summed E-state index contributed by atoms with van der Waals surface area (Å²) in [7, 11) is 0. The molecule has 2 aromatic rings. The van der Waals surface area contributed by atoms with Gasteiger partial charge in [0.05, 0.1) is 17.1 Å². The van der Waals surface area contributed by atoms with E-state index in [9.17, 15) is 4.79 Å². The molecule has 0 amide bonds. The Balaban J connectivity index is 2.06. The SMILES string of the molecule is CCCc1nc(CCc2ccccc2)sc1CC(=O)O. The second kappa shape index (κ2) is 7.20. The molecule has 1 aromatic heterocycles. The van der Waals surface area contributed by atoms with E-state index in [2.05, 4.69) is 24.0 Å². The first-order valence-corrected chi connectivity index (χ1v) is 7.74. The first-order valence-electron chi connectivity index (χ1n) is 6.92. The van der Waals surface area contributed by atoms with Gasteiger partial charge in [-0.15, -0.1) is 11.3 Å². The van der Waals surface area contributed by atoms with Crippen LogP contribution in [-0.4, -0.2) is 16.1 Å². The molecule has 0 fully saturated rings. The van der Waals surface area contributed by atoms with E-state index in [0.29, 0.717) is 0 Å². The number of carbonyl (C=O) groups is 1. The maximum Gasteiger partial charge on any atom is 0.308 e. The Kier molecular flexibility index (Phi) is 5.30. The maximum absolute atomic E-state index is 10.9. The third-order valence-corrected chi connectivity index (χ3v) is 4.25. The van der Waals surface area contributed by atoms with Crippen molar-refractivity contribution in [2.75, 3.05) is 0 Å². The van der Waals surface area contributed by atoms with Crippen molar-refractivity contribution in [1.29, 1.82) is 0 Å². The van der Waals surface area contributed by atoms with Crippen molar-refractivity contribution >= 4 is 17.3 Å². The van der Waals surface area contributed by atoms with Crippen LogP contribution in [0.25, 0.3) is 0 Å². The summed E-state index contributed by atoms with van der Waals surface area (Å²) in [5.74, 6) is -0.777. The van der Waals surface area contributed by atoms with Gasteiger partial charge in [-0.1, -0.05) is 43.7 Å². The lowest BCUT2D eigenvalue weighted by Gasteiger charge is -1.97. The molecule has 1 N–H and O–H groups in total. The topological polar surface area (TPSA) is 50.2 Å². The van der Waals surface area contributed by atoms with Gasteiger partial charge in [-0.05, 0) is 18.4 Å². The molecule has 106 valence electrons. The number of thiazole rings is 1. The van der Waals surface area contributed by atoms with Gasteiger partial charge in [0.25, 0.3) is 0 Å². The van der Waals surface area contributed by atoms with Gasteiger partial charge >= 0.3 is 5.97 Å². The van der Waals surface area contributed by atoms with Crippen molar-refractivity contribution in [3.05, 3.63) is 51.5 Å². The van der Waals surface area contributed by atoms with E-state index >= 15 is 0 Å². The van der Waals surface area contributed by atoms with Gasteiger partial charge in [0.2, 0.25) is 0 Å². The van der Waals surface area contributed by atoms with Gasteiger partial charge in [-0.2, -0.15) is 0 Å². The first-order chi connectivity index (χ1) is 9.69. The summed E-state index contributed by atoms with van der Waals surface area (Å²) >= 11 is 1.56. The monoisotopic (exact) mass is 289 g/mol. The lowest BCUT2D eigenvalue weighted by molar-refractivity contribution is -0.136. The van der Waals surface area contributed by atoms with Crippen LogP contribution in [0.3, 0.4) is 0 Å². The molecule has 1 heterocycles. The summed E-state index contributed by atoms with van der Waals surface area (Å²) in [6.07, 6.45) is 3.79. The number of hydrogen-bond acceptors (Lipinski definition) is 3. The summed E-state index contributed by atoms with van der Waals surface area (Å²) in [6.45, 7) is 2.09. The molecular formula is C16H19NO2S. The number of aryl methyl sites for hydroxylation is 3. The average Bonchev–Trinajstić information content (AvgIpc) is 2.80. The molecular weight excluding hydrogens is 270 g/mol. The molecule has 0 aliphatic carbocycles. The molecule has 0 aliphatic rings. The Hall–Kier alpha value is -1.68. The molecule has 0 saturated heterocycles. The zero-order valence-electron chi connectivity index (χ0n) is 11.6. The molecule has 0 saturated carbocycles. The second-order valence-corrected chi connectivity index (χ2v) is 5.95. The third kappa shape index (κ3) is 4.17. The quantitative estimate of drug-likeness (QED) is 0.848. The standard InChI is InChI=1S/C16H19NO2S/c1-2-6-13-14(11-16(18)19)20-15(17-13)10-9-12-7-4-3-5-8-12/h3-5,7-8H,2,6,9-11H2,1H3,(H,18,19). The second-order valence-electron chi connectivity index (χ2n) is 4.78. The Morgan fingerprint density at radius 2 is 1.95 bits per heavy atom. The molecule has 0 bridgehead atoms. The number of benzene rings is 1. The van der Waals surface area contributed by atoms with Crippen LogP contribution < -0.4 is 0 Å². The zero-order chi connectivity index (χ0) is 14.4. The van der Waals surface area contributed by atoms with Crippen LogP contribution in [0.2, 0.25) is 0 Å². The fraction of sp³-hybridized carbons (Fsp3) is 0.375. The van der Waals surface area contributed by atoms with Gasteiger partial charge < -0.3 is 5.11 Å². The Bertz CT molecular complexity index is 563. The number of hydrogen-bond donors (Lipinski definition) is 1. The summed E-state index contributed by atoms with van der Waals surface area (Å²) in [5, 5.41) is 10.0. The summed E-state index contributed by atoms with van der Waals surface area (Å²) in [4.78, 5) is 16.4. The van der Waals surface area contributed by atoms with E-state index in [1.807, 2.05) is 18.2 Å². The fourth-order valence-corrected chi connectivity index (χ4v) is 3.25. The van der Waals surface area contributed by atoms with Crippen molar-refractivity contribution in [2.45, 2.75) is 39.0 Å². The molecule has 0 spiro atoms. The van der Waals surface area contributed by atoms with Gasteiger partial charge in [0, 0.05) is 11.3 Å². The highest BCUT2D eigenvalue weighted by atomic mass is 32.1. The largest absolute Gasteiger partial charge is 0.481 e. The van der Waals surface area contributed by atoms with Crippen molar-refractivity contribution in [2.24, 2.45) is 0 Å². The maximum atomic E-state index is 10.9. The first kappa shape index (κ1) is 14.7. The van der Waals surface area contributed by atoms with Gasteiger partial charge in [-0.25, -0.2) is 4.98 Å². The number of rotatable bonds is 7. The minimum atomic E-state index is -0.777. The van der Waals surface area contributed by atoms with E-state index < -0.39 is 5.97 Å². The molecule has 4 heteroatoms. The van der Waals surface area contributed by atoms with E-state index in [0.717, 1.165) is 41.3 Å². The molecule has 20 heavy (non-hydrogen) atoms. The molecule has 0 unspecified atom stereocenters. The normalized spacial score (nSPS) is 10.7. The summed E-state index contributed by atoms with van der Waals surface area (Å²) < 4.78 is 0. The highest BCUT2D eigenvalue weighted by Crippen LogP contribution is 2.22. The van der Waals surface area contributed by atoms with Crippen molar-refractivity contribution < 1.29 is 9.90 Å². The summed E-state index contributed by atoms with van der Waals surface area (Å²) in [6, 6.07) is 10.3. The van der Waals surface area contributed by atoms with Crippen LogP contribution >= 0.6 is 11.3 Å². The molecule has 1 aromatic carbocycles. The van der Waals surface area contributed by atoms with Crippen molar-refractivity contribution in [1.82, 2.24) is 4.98 Å². The average molecular weight is 289 g/mol. The smallest absolute Gasteiger partial charge is 0.308 e. The van der Waals surface area contributed by atoms with Gasteiger partial charge in [-0.3, -0.25) is 4.79 Å². The highest BCUT2D eigenvalue weighted by Gasteiger charge is 2.13. The van der Waals surface area contributed by atoms with Crippen LogP contribution in [0.1, 0.15) is 34.5 Å². The lowest BCUT2D eigenvalue weighted by atomic mass is 10.1. The van der Waals surface area contributed by atoms with E-state index in [1.54, 1.807) is 11.3 Å². The van der Waals surface area contributed by atoms with Crippen LogP contribution in [0.5, 0.6) is 0 Å². The number of nitrogens with zero attached hydrogens (tertiary/aromatic N) is 1. The Labute approximate surface area is 123 Å². The minimum Gasteiger partial charge on any atom is -0.481 e. The fourth-order valence-electron chi connectivity index (χ4n) is 2.15. The molecule has 0 atom stereocenters. The van der Waals surface area contributed by atoms with Crippen LogP contribution in [0.4, 0.5) is 0 Å². The number of aromatic nitrogens is 1.